The molecule has 72 valence electrons. The van der Waals surface area contributed by atoms with Crippen LogP contribution in [0, 0.1) is 0 Å². The quantitative estimate of drug-likeness (QED) is 0.679. The van der Waals surface area contributed by atoms with Gasteiger partial charge in [-0.25, -0.2) is 9.78 Å². The lowest BCUT2D eigenvalue weighted by Gasteiger charge is -2.12. The van der Waals surface area contributed by atoms with Crippen LogP contribution in [0.1, 0.15) is 23.5 Å². The van der Waals surface area contributed by atoms with Gasteiger partial charge < -0.3 is 15.0 Å². The van der Waals surface area contributed by atoms with E-state index in [1.807, 2.05) is 6.92 Å². The number of nitrogens with zero attached hydrogens (tertiary/aromatic N) is 2. The molecule has 1 aromatic heterocycles. The summed E-state index contributed by atoms with van der Waals surface area (Å²) in [6.07, 6.45) is 3.04. The average Bonchev–Trinajstić information content (AvgIpc) is 2.63. The van der Waals surface area contributed by atoms with Crippen LogP contribution in [-0.2, 0) is 4.74 Å². The number of rotatable bonds is 3. The van der Waals surface area contributed by atoms with E-state index >= 15 is 0 Å². The van der Waals surface area contributed by atoms with Gasteiger partial charge in [0.25, 0.3) is 0 Å². The Bertz CT molecular complexity index is 295. The summed E-state index contributed by atoms with van der Waals surface area (Å²) < 4.78 is 6.29. The lowest BCUT2D eigenvalue weighted by atomic mass is 10.3. The molecule has 0 amide bonds. The number of carbonyl (C=O) groups is 1. The summed E-state index contributed by atoms with van der Waals surface area (Å²) in [5.74, 6) is -0.391. The molecule has 1 rings (SSSR count). The minimum Gasteiger partial charge on any atom is -0.464 e. The smallest absolute Gasteiger partial charge is 0.356 e. The van der Waals surface area contributed by atoms with E-state index in [4.69, 9.17) is 5.73 Å². The first kappa shape index (κ1) is 9.73. The van der Waals surface area contributed by atoms with Crippen molar-refractivity contribution in [2.24, 2.45) is 5.73 Å². The number of esters is 1. The van der Waals surface area contributed by atoms with Crippen molar-refractivity contribution >= 4 is 5.97 Å². The highest BCUT2D eigenvalue weighted by molar-refractivity contribution is 5.87. The first-order chi connectivity index (χ1) is 6.20. The highest BCUT2D eigenvalue weighted by atomic mass is 16.5. The molecular weight excluding hydrogens is 170 g/mol. The molecule has 0 fully saturated rings. The lowest BCUT2D eigenvalue weighted by Crippen LogP contribution is -2.19. The summed E-state index contributed by atoms with van der Waals surface area (Å²) in [6, 6.07) is 0.0524. The van der Waals surface area contributed by atoms with Gasteiger partial charge in [-0.05, 0) is 6.92 Å². The minimum atomic E-state index is -0.391. The number of hydrogen-bond donors (Lipinski definition) is 1. The normalized spacial score (nSPS) is 12.5. The number of carbonyl (C=O) groups excluding carboxylic acids is 1. The van der Waals surface area contributed by atoms with Crippen molar-refractivity contribution in [2.75, 3.05) is 13.7 Å². The fourth-order valence-corrected chi connectivity index (χ4v) is 1.03. The van der Waals surface area contributed by atoms with E-state index in [1.54, 1.807) is 10.9 Å². The Balaban J connectivity index is 2.95. The van der Waals surface area contributed by atoms with E-state index in [9.17, 15) is 4.79 Å². The van der Waals surface area contributed by atoms with Crippen molar-refractivity contribution in [3.63, 3.8) is 0 Å². The van der Waals surface area contributed by atoms with Gasteiger partial charge in [0.15, 0.2) is 0 Å². The third-order valence-corrected chi connectivity index (χ3v) is 1.88. The molecule has 0 radical (unpaired) electrons. The molecule has 5 heteroatoms. The van der Waals surface area contributed by atoms with E-state index in [2.05, 4.69) is 9.72 Å². The largest absolute Gasteiger partial charge is 0.464 e. The van der Waals surface area contributed by atoms with Crippen LogP contribution in [0.5, 0.6) is 0 Å². The molecule has 0 saturated carbocycles. The van der Waals surface area contributed by atoms with Crippen molar-refractivity contribution in [3.8, 4) is 0 Å². The third-order valence-electron chi connectivity index (χ3n) is 1.88. The zero-order chi connectivity index (χ0) is 9.84. The summed E-state index contributed by atoms with van der Waals surface area (Å²) in [7, 11) is 1.34. The SMILES string of the molecule is COC(=O)c1cncn1[C@@H](C)CN. The van der Waals surface area contributed by atoms with Crippen LogP contribution in [0.2, 0.25) is 0 Å². The molecule has 0 aromatic carbocycles. The number of imidazole rings is 1. The van der Waals surface area contributed by atoms with Gasteiger partial charge >= 0.3 is 5.97 Å². The van der Waals surface area contributed by atoms with E-state index in [0.29, 0.717) is 12.2 Å². The van der Waals surface area contributed by atoms with Crippen LogP contribution < -0.4 is 5.73 Å². The number of aromatic nitrogens is 2. The van der Waals surface area contributed by atoms with Crippen molar-refractivity contribution < 1.29 is 9.53 Å². The van der Waals surface area contributed by atoms with Crippen molar-refractivity contribution in [1.82, 2.24) is 9.55 Å². The van der Waals surface area contributed by atoms with E-state index < -0.39 is 5.97 Å². The molecule has 13 heavy (non-hydrogen) atoms. The summed E-state index contributed by atoms with van der Waals surface area (Å²) in [4.78, 5) is 15.1. The Morgan fingerprint density at radius 3 is 3.08 bits per heavy atom. The second-order valence-electron chi connectivity index (χ2n) is 2.76. The summed E-state index contributed by atoms with van der Waals surface area (Å²) >= 11 is 0. The van der Waals surface area contributed by atoms with E-state index in [-0.39, 0.29) is 6.04 Å². The monoisotopic (exact) mass is 183 g/mol. The lowest BCUT2D eigenvalue weighted by molar-refractivity contribution is 0.0586. The van der Waals surface area contributed by atoms with Gasteiger partial charge in [-0.15, -0.1) is 0 Å². The van der Waals surface area contributed by atoms with Crippen molar-refractivity contribution in [2.45, 2.75) is 13.0 Å². The molecule has 0 saturated heterocycles. The molecule has 2 N–H and O–H groups in total. The Hall–Kier alpha value is -1.36. The second-order valence-corrected chi connectivity index (χ2v) is 2.76. The van der Waals surface area contributed by atoms with Gasteiger partial charge in [0.1, 0.15) is 5.69 Å². The Morgan fingerprint density at radius 1 is 1.85 bits per heavy atom. The minimum absolute atomic E-state index is 0.0524. The average molecular weight is 183 g/mol. The van der Waals surface area contributed by atoms with Gasteiger partial charge in [0.05, 0.1) is 19.6 Å². The highest BCUT2D eigenvalue weighted by Gasteiger charge is 2.14. The van der Waals surface area contributed by atoms with Crippen LogP contribution >= 0.6 is 0 Å². The molecule has 0 bridgehead atoms. The molecule has 0 unspecified atom stereocenters. The zero-order valence-electron chi connectivity index (χ0n) is 7.73. The number of hydrogen-bond acceptors (Lipinski definition) is 4. The Kier molecular flexibility index (Phi) is 3.02. The van der Waals surface area contributed by atoms with Crippen LogP contribution in [0.25, 0.3) is 0 Å². The van der Waals surface area contributed by atoms with Crippen LogP contribution in [-0.4, -0.2) is 29.2 Å². The van der Waals surface area contributed by atoms with Gasteiger partial charge in [-0.1, -0.05) is 0 Å². The Morgan fingerprint density at radius 2 is 2.54 bits per heavy atom. The van der Waals surface area contributed by atoms with Gasteiger partial charge in [0, 0.05) is 12.6 Å². The zero-order valence-corrected chi connectivity index (χ0v) is 7.73. The fourth-order valence-electron chi connectivity index (χ4n) is 1.03. The van der Waals surface area contributed by atoms with Crippen LogP contribution in [0.15, 0.2) is 12.5 Å². The second kappa shape index (κ2) is 4.04. The topological polar surface area (TPSA) is 70.1 Å². The first-order valence-electron chi connectivity index (χ1n) is 4.01. The molecule has 0 aliphatic rings. The highest BCUT2D eigenvalue weighted by Crippen LogP contribution is 2.09. The number of ether oxygens (including phenoxy) is 1. The van der Waals surface area contributed by atoms with Gasteiger partial charge in [-0.3, -0.25) is 0 Å². The summed E-state index contributed by atoms with van der Waals surface area (Å²) in [5, 5.41) is 0. The van der Waals surface area contributed by atoms with Crippen LogP contribution in [0.4, 0.5) is 0 Å². The molecule has 0 spiro atoms. The molecule has 1 aromatic rings. The maximum Gasteiger partial charge on any atom is 0.356 e. The molecule has 5 nitrogen and oxygen atoms in total. The maximum absolute atomic E-state index is 11.2. The van der Waals surface area contributed by atoms with Gasteiger partial charge in [-0.2, -0.15) is 0 Å². The predicted molar refractivity (Wildman–Crippen MR) is 47.3 cm³/mol. The predicted octanol–water partition coefficient (Wildman–Crippen LogP) is 0.189. The van der Waals surface area contributed by atoms with E-state index in [1.165, 1.54) is 13.3 Å². The van der Waals surface area contributed by atoms with Crippen LogP contribution in [0.3, 0.4) is 0 Å². The molecule has 0 aliphatic heterocycles. The molecule has 0 aliphatic carbocycles. The summed E-state index contributed by atoms with van der Waals surface area (Å²) in [6.45, 7) is 2.37. The van der Waals surface area contributed by atoms with Crippen molar-refractivity contribution in [3.05, 3.63) is 18.2 Å². The maximum atomic E-state index is 11.2. The standard InChI is InChI=1S/C8H13N3O2/c1-6(3-9)11-5-10-4-7(11)8(12)13-2/h4-6H,3,9H2,1-2H3/t6-/m0/s1. The number of nitrogens with two attached hydrogens (primary N) is 1. The van der Waals surface area contributed by atoms with Gasteiger partial charge in [0.2, 0.25) is 0 Å². The summed E-state index contributed by atoms with van der Waals surface area (Å²) in [5.41, 5.74) is 5.90. The first-order valence-corrected chi connectivity index (χ1v) is 4.01. The van der Waals surface area contributed by atoms with E-state index in [0.717, 1.165) is 0 Å². The fraction of sp³-hybridized carbons (Fsp3) is 0.500. The Labute approximate surface area is 76.5 Å². The number of methoxy groups -OCH3 is 1. The molecule has 1 atom stereocenters. The molecule has 1 heterocycles. The third kappa shape index (κ3) is 1.86. The van der Waals surface area contributed by atoms with Crippen molar-refractivity contribution in [1.29, 1.82) is 0 Å². The molecular formula is C8H13N3O2.